The summed E-state index contributed by atoms with van der Waals surface area (Å²) in [6.45, 7) is 10.1. The average molecular weight is 254 g/mol. The molecular formula is C15H24ClN. The summed E-state index contributed by atoms with van der Waals surface area (Å²) in [4.78, 5) is 0. The largest absolute Gasteiger partial charge is 0.313 e. The van der Waals surface area contributed by atoms with Gasteiger partial charge < -0.3 is 5.32 Å². The Morgan fingerprint density at radius 3 is 2.53 bits per heavy atom. The number of benzene rings is 1. The lowest BCUT2D eigenvalue weighted by molar-refractivity contribution is 0.267. The highest BCUT2D eigenvalue weighted by molar-refractivity contribution is 6.30. The Morgan fingerprint density at radius 2 is 2.00 bits per heavy atom. The number of hydrogen-bond acceptors (Lipinski definition) is 1. The van der Waals surface area contributed by atoms with E-state index in [9.17, 15) is 0 Å². The maximum absolute atomic E-state index is 6.03. The maximum atomic E-state index is 6.03. The van der Waals surface area contributed by atoms with Gasteiger partial charge in [-0.05, 0) is 42.5 Å². The van der Waals surface area contributed by atoms with E-state index in [-0.39, 0.29) is 5.41 Å². The van der Waals surface area contributed by atoms with Gasteiger partial charge in [0.2, 0.25) is 0 Å². The molecule has 1 atom stereocenters. The summed E-state index contributed by atoms with van der Waals surface area (Å²) in [5, 5.41) is 4.46. The topological polar surface area (TPSA) is 12.0 Å². The Morgan fingerprint density at radius 1 is 1.29 bits per heavy atom. The molecule has 0 bridgehead atoms. The Kier molecular flexibility index (Phi) is 5.48. The van der Waals surface area contributed by atoms with E-state index in [4.69, 9.17) is 11.6 Å². The second-order valence-electron chi connectivity index (χ2n) is 5.71. The molecule has 0 fully saturated rings. The second kappa shape index (κ2) is 6.42. The summed E-state index contributed by atoms with van der Waals surface area (Å²) >= 11 is 6.03. The molecule has 1 nitrogen and oxygen atoms in total. The van der Waals surface area contributed by atoms with Crippen LogP contribution in [0.5, 0.6) is 0 Å². The first-order chi connectivity index (χ1) is 7.93. The van der Waals surface area contributed by atoms with Crippen molar-refractivity contribution < 1.29 is 0 Å². The standard InChI is InChI=1S/C15H24ClN/c1-5-9-17-14(15(2,3)4)11-12-7-6-8-13(16)10-12/h6-8,10,14,17H,5,9,11H2,1-4H3. The van der Waals surface area contributed by atoms with Gasteiger partial charge in [-0.25, -0.2) is 0 Å². The van der Waals surface area contributed by atoms with E-state index in [1.54, 1.807) is 0 Å². The van der Waals surface area contributed by atoms with Crippen molar-refractivity contribution in [2.75, 3.05) is 6.54 Å². The van der Waals surface area contributed by atoms with Crippen molar-refractivity contribution in [2.45, 2.75) is 46.6 Å². The Balaban J connectivity index is 2.72. The first-order valence-corrected chi connectivity index (χ1v) is 6.79. The lowest BCUT2D eigenvalue weighted by atomic mass is 9.83. The molecule has 0 saturated heterocycles. The van der Waals surface area contributed by atoms with Crippen LogP contribution in [0.3, 0.4) is 0 Å². The third kappa shape index (κ3) is 5.10. The number of nitrogens with one attached hydrogen (secondary N) is 1. The average Bonchev–Trinajstić information content (AvgIpc) is 2.22. The molecule has 1 N–H and O–H groups in total. The van der Waals surface area contributed by atoms with E-state index in [2.05, 4.69) is 45.1 Å². The molecule has 0 amide bonds. The molecule has 0 aliphatic rings. The van der Waals surface area contributed by atoms with Crippen molar-refractivity contribution in [3.63, 3.8) is 0 Å². The maximum Gasteiger partial charge on any atom is 0.0408 e. The van der Waals surface area contributed by atoms with E-state index in [0.29, 0.717) is 6.04 Å². The van der Waals surface area contributed by atoms with Crippen molar-refractivity contribution in [3.05, 3.63) is 34.9 Å². The fraction of sp³-hybridized carbons (Fsp3) is 0.600. The SMILES string of the molecule is CCCNC(Cc1cccc(Cl)c1)C(C)(C)C. The predicted octanol–water partition coefficient (Wildman–Crippen LogP) is 4.30. The molecule has 1 aromatic rings. The normalized spacial score (nSPS) is 13.7. The molecule has 0 aromatic heterocycles. The van der Waals surface area contributed by atoms with Crippen LogP contribution in [0.2, 0.25) is 5.02 Å². The number of rotatable bonds is 5. The van der Waals surface area contributed by atoms with E-state index in [0.717, 1.165) is 18.0 Å². The van der Waals surface area contributed by atoms with Gasteiger partial charge in [0.05, 0.1) is 0 Å². The van der Waals surface area contributed by atoms with Gasteiger partial charge in [0, 0.05) is 11.1 Å². The first-order valence-electron chi connectivity index (χ1n) is 6.41. The third-order valence-corrected chi connectivity index (χ3v) is 3.25. The van der Waals surface area contributed by atoms with Crippen LogP contribution in [-0.4, -0.2) is 12.6 Å². The highest BCUT2D eigenvalue weighted by Gasteiger charge is 2.23. The van der Waals surface area contributed by atoms with Gasteiger partial charge in [-0.15, -0.1) is 0 Å². The zero-order valence-electron chi connectivity index (χ0n) is 11.4. The van der Waals surface area contributed by atoms with Crippen molar-refractivity contribution >= 4 is 11.6 Å². The molecule has 1 aromatic carbocycles. The van der Waals surface area contributed by atoms with Gasteiger partial charge >= 0.3 is 0 Å². The molecule has 0 saturated carbocycles. The van der Waals surface area contributed by atoms with Gasteiger partial charge in [-0.2, -0.15) is 0 Å². The summed E-state index contributed by atoms with van der Waals surface area (Å²) < 4.78 is 0. The van der Waals surface area contributed by atoms with Crippen LogP contribution in [0.4, 0.5) is 0 Å². The predicted molar refractivity (Wildman–Crippen MR) is 76.7 cm³/mol. The van der Waals surface area contributed by atoms with Crippen molar-refractivity contribution in [1.29, 1.82) is 0 Å². The first kappa shape index (κ1) is 14.5. The minimum absolute atomic E-state index is 0.261. The van der Waals surface area contributed by atoms with Crippen LogP contribution >= 0.6 is 11.6 Å². The molecule has 0 spiro atoms. The zero-order chi connectivity index (χ0) is 12.9. The van der Waals surface area contributed by atoms with Crippen molar-refractivity contribution in [2.24, 2.45) is 5.41 Å². The van der Waals surface area contributed by atoms with Crippen LogP contribution in [0.1, 0.15) is 39.7 Å². The van der Waals surface area contributed by atoms with E-state index < -0.39 is 0 Å². The highest BCUT2D eigenvalue weighted by atomic mass is 35.5. The lowest BCUT2D eigenvalue weighted by Crippen LogP contribution is -2.42. The Hall–Kier alpha value is -0.530. The van der Waals surface area contributed by atoms with Gasteiger partial charge in [0.1, 0.15) is 0 Å². The van der Waals surface area contributed by atoms with E-state index >= 15 is 0 Å². The van der Waals surface area contributed by atoms with Crippen LogP contribution in [0, 0.1) is 5.41 Å². The van der Waals surface area contributed by atoms with Crippen LogP contribution < -0.4 is 5.32 Å². The molecule has 1 unspecified atom stereocenters. The van der Waals surface area contributed by atoms with Crippen molar-refractivity contribution in [1.82, 2.24) is 5.32 Å². The quantitative estimate of drug-likeness (QED) is 0.825. The fourth-order valence-electron chi connectivity index (χ4n) is 1.90. The molecule has 0 aliphatic heterocycles. The molecule has 1 rings (SSSR count). The molecule has 96 valence electrons. The highest BCUT2D eigenvalue weighted by Crippen LogP contribution is 2.23. The van der Waals surface area contributed by atoms with Crippen LogP contribution in [-0.2, 0) is 6.42 Å². The van der Waals surface area contributed by atoms with Gasteiger partial charge in [-0.3, -0.25) is 0 Å². The third-order valence-electron chi connectivity index (χ3n) is 3.01. The number of hydrogen-bond donors (Lipinski definition) is 1. The Bertz CT molecular complexity index is 341. The smallest absolute Gasteiger partial charge is 0.0408 e. The van der Waals surface area contributed by atoms with E-state index in [1.807, 2.05) is 12.1 Å². The van der Waals surface area contributed by atoms with Gasteiger partial charge in [0.25, 0.3) is 0 Å². The summed E-state index contributed by atoms with van der Waals surface area (Å²) in [5.41, 5.74) is 1.57. The molecule has 0 heterocycles. The second-order valence-corrected chi connectivity index (χ2v) is 6.14. The van der Waals surface area contributed by atoms with Gasteiger partial charge in [0.15, 0.2) is 0 Å². The minimum atomic E-state index is 0.261. The minimum Gasteiger partial charge on any atom is -0.313 e. The zero-order valence-corrected chi connectivity index (χ0v) is 12.1. The van der Waals surface area contributed by atoms with Crippen LogP contribution in [0.25, 0.3) is 0 Å². The van der Waals surface area contributed by atoms with E-state index in [1.165, 1.54) is 12.0 Å². The molecule has 0 aliphatic carbocycles. The molecule has 0 radical (unpaired) electrons. The molecule has 2 heteroatoms. The molecular weight excluding hydrogens is 230 g/mol. The van der Waals surface area contributed by atoms with Crippen LogP contribution in [0.15, 0.2) is 24.3 Å². The Labute approximate surface area is 111 Å². The number of halogens is 1. The summed E-state index contributed by atoms with van der Waals surface area (Å²) in [6, 6.07) is 8.65. The monoisotopic (exact) mass is 253 g/mol. The molecule has 17 heavy (non-hydrogen) atoms. The van der Waals surface area contributed by atoms with Gasteiger partial charge in [-0.1, -0.05) is 51.4 Å². The summed E-state index contributed by atoms with van der Waals surface area (Å²) in [5.74, 6) is 0. The fourth-order valence-corrected chi connectivity index (χ4v) is 2.12. The van der Waals surface area contributed by atoms with Crippen molar-refractivity contribution in [3.8, 4) is 0 Å². The summed E-state index contributed by atoms with van der Waals surface area (Å²) in [7, 11) is 0. The summed E-state index contributed by atoms with van der Waals surface area (Å²) in [6.07, 6.45) is 2.20. The lowest BCUT2D eigenvalue weighted by Gasteiger charge is -2.32.